The highest BCUT2D eigenvalue weighted by molar-refractivity contribution is 7.18. The third kappa shape index (κ3) is 1.68. The predicted molar refractivity (Wildman–Crippen MR) is 35.7 cm³/mol. The number of hydrogen-bond acceptors (Lipinski definition) is 1. The van der Waals surface area contributed by atoms with Crippen LogP contribution >= 0.6 is 9.24 Å². The number of halogens is 1. The van der Waals surface area contributed by atoms with E-state index in [1.807, 2.05) is 0 Å². The molecule has 3 heteroatoms. The average Bonchev–Trinajstić information content (AvgIpc) is 1.65. The van der Waals surface area contributed by atoms with Gasteiger partial charge >= 0.3 is 0 Å². The Morgan fingerprint density at radius 2 is 1.88 bits per heavy atom. The Balaban J connectivity index is 2.33. The van der Waals surface area contributed by atoms with Crippen LogP contribution in [-0.2, 0) is 0 Å². The van der Waals surface area contributed by atoms with Gasteiger partial charge in [-0.05, 0) is 25.9 Å². The first kappa shape index (κ1) is 6.44. The Bertz CT molecular complexity index is 76.5. The SMILES string of the molecule is FC1(P)CCNCC1. The maximum Gasteiger partial charge on any atom is 0.126 e. The van der Waals surface area contributed by atoms with E-state index in [0.717, 1.165) is 13.1 Å². The molecule has 0 aromatic rings. The largest absolute Gasteiger partial charge is 0.316 e. The summed E-state index contributed by atoms with van der Waals surface area (Å²) >= 11 is 0. The fourth-order valence-electron chi connectivity index (χ4n) is 0.842. The van der Waals surface area contributed by atoms with Crippen molar-refractivity contribution in [2.24, 2.45) is 0 Å². The van der Waals surface area contributed by atoms with E-state index < -0.39 is 5.41 Å². The lowest BCUT2D eigenvalue weighted by atomic mass is 10.1. The van der Waals surface area contributed by atoms with Gasteiger partial charge < -0.3 is 5.32 Å². The average molecular weight is 135 g/mol. The van der Waals surface area contributed by atoms with Crippen molar-refractivity contribution in [1.29, 1.82) is 0 Å². The van der Waals surface area contributed by atoms with Gasteiger partial charge in [0.25, 0.3) is 0 Å². The van der Waals surface area contributed by atoms with Crippen LogP contribution < -0.4 is 5.32 Å². The van der Waals surface area contributed by atoms with E-state index in [-0.39, 0.29) is 0 Å². The molecule has 1 aliphatic heterocycles. The van der Waals surface area contributed by atoms with Crippen LogP contribution in [0.3, 0.4) is 0 Å². The molecule has 0 aromatic carbocycles. The minimum atomic E-state index is -0.967. The van der Waals surface area contributed by atoms with Crippen molar-refractivity contribution in [3.8, 4) is 0 Å². The minimum absolute atomic E-state index is 0.637. The lowest BCUT2D eigenvalue weighted by Crippen LogP contribution is -2.34. The number of nitrogens with one attached hydrogen (secondary N) is 1. The van der Waals surface area contributed by atoms with Crippen LogP contribution in [-0.4, -0.2) is 18.5 Å². The van der Waals surface area contributed by atoms with Crippen LogP contribution in [0.4, 0.5) is 4.39 Å². The molecule has 0 bridgehead atoms. The maximum absolute atomic E-state index is 12.8. The van der Waals surface area contributed by atoms with Crippen LogP contribution in [0.15, 0.2) is 0 Å². The zero-order valence-corrected chi connectivity index (χ0v) is 5.94. The normalized spacial score (nSPS) is 27.8. The van der Waals surface area contributed by atoms with E-state index in [4.69, 9.17) is 0 Å². The summed E-state index contributed by atoms with van der Waals surface area (Å²) in [5.74, 6) is 0. The molecule has 1 fully saturated rings. The van der Waals surface area contributed by atoms with Gasteiger partial charge in [0.15, 0.2) is 0 Å². The highest BCUT2D eigenvalue weighted by Gasteiger charge is 2.24. The summed E-state index contributed by atoms with van der Waals surface area (Å²) in [6, 6.07) is 0. The number of hydrogen-bond donors (Lipinski definition) is 1. The topological polar surface area (TPSA) is 12.0 Å². The number of rotatable bonds is 0. The van der Waals surface area contributed by atoms with Crippen molar-refractivity contribution in [3.63, 3.8) is 0 Å². The molecule has 0 aliphatic carbocycles. The minimum Gasteiger partial charge on any atom is -0.316 e. The summed E-state index contributed by atoms with van der Waals surface area (Å²) in [7, 11) is 2.26. The van der Waals surface area contributed by atoms with E-state index in [0.29, 0.717) is 12.8 Å². The van der Waals surface area contributed by atoms with Gasteiger partial charge in [0.1, 0.15) is 5.41 Å². The molecule has 1 atom stereocenters. The number of piperidine rings is 1. The van der Waals surface area contributed by atoms with Gasteiger partial charge in [-0.15, -0.1) is 0 Å². The van der Waals surface area contributed by atoms with E-state index in [9.17, 15) is 4.39 Å². The van der Waals surface area contributed by atoms with Crippen LogP contribution in [0, 0.1) is 0 Å². The second kappa shape index (κ2) is 2.28. The fraction of sp³-hybridized carbons (Fsp3) is 1.00. The third-order valence-corrected chi connectivity index (χ3v) is 2.01. The molecule has 1 nitrogen and oxygen atoms in total. The summed E-state index contributed by atoms with van der Waals surface area (Å²) in [4.78, 5) is 0. The molecule has 0 aromatic heterocycles. The second-order valence-electron chi connectivity index (χ2n) is 2.28. The van der Waals surface area contributed by atoms with Gasteiger partial charge in [-0.3, -0.25) is 0 Å². The molecule has 1 heterocycles. The molecule has 8 heavy (non-hydrogen) atoms. The second-order valence-corrected chi connectivity index (χ2v) is 3.32. The summed E-state index contributed by atoms with van der Waals surface area (Å²) < 4.78 is 12.8. The van der Waals surface area contributed by atoms with Gasteiger partial charge in [-0.25, -0.2) is 4.39 Å². The fourth-order valence-corrected chi connectivity index (χ4v) is 1.13. The van der Waals surface area contributed by atoms with Crippen LogP contribution in [0.5, 0.6) is 0 Å². The highest BCUT2D eigenvalue weighted by atomic mass is 31.0. The Hall–Kier alpha value is 0.320. The molecule has 1 saturated heterocycles. The molecule has 48 valence electrons. The zero-order valence-electron chi connectivity index (χ0n) is 4.78. The molecule has 1 unspecified atom stereocenters. The van der Waals surface area contributed by atoms with E-state index in [1.165, 1.54) is 0 Å². The van der Waals surface area contributed by atoms with Gasteiger partial charge in [-0.1, -0.05) is 9.24 Å². The van der Waals surface area contributed by atoms with Crippen molar-refractivity contribution < 1.29 is 4.39 Å². The van der Waals surface area contributed by atoms with Gasteiger partial charge in [0, 0.05) is 0 Å². The molecule has 1 N–H and O–H groups in total. The first-order valence-electron chi connectivity index (χ1n) is 2.89. The van der Waals surface area contributed by atoms with Crippen molar-refractivity contribution in [2.75, 3.05) is 13.1 Å². The standard InChI is InChI=1S/C5H11FNP/c6-5(8)1-3-7-4-2-5/h7H,1-4,8H2. The van der Waals surface area contributed by atoms with E-state index >= 15 is 0 Å². The highest BCUT2D eigenvalue weighted by Crippen LogP contribution is 2.29. The van der Waals surface area contributed by atoms with Crippen molar-refractivity contribution in [3.05, 3.63) is 0 Å². The molecule has 0 amide bonds. The smallest absolute Gasteiger partial charge is 0.126 e. The number of alkyl halides is 1. The Kier molecular flexibility index (Phi) is 1.84. The van der Waals surface area contributed by atoms with Crippen LogP contribution in [0.1, 0.15) is 12.8 Å². The molecule has 1 rings (SSSR count). The first-order valence-corrected chi connectivity index (χ1v) is 3.47. The summed E-state index contributed by atoms with van der Waals surface area (Å²) in [5, 5.41) is 2.12. The lowest BCUT2D eigenvalue weighted by Gasteiger charge is -2.25. The van der Waals surface area contributed by atoms with Gasteiger partial charge in [-0.2, -0.15) is 0 Å². The van der Waals surface area contributed by atoms with Gasteiger partial charge in [0.05, 0.1) is 0 Å². The van der Waals surface area contributed by atoms with E-state index in [1.54, 1.807) is 0 Å². The summed E-state index contributed by atoms with van der Waals surface area (Å²) in [6.45, 7) is 1.64. The predicted octanol–water partition coefficient (Wildman–Crippen LogP) is 0.911. The van der Waals surface area contributed by atoms with Crippen molar-refractivity contribution in [2.45, 2.75) is 18.3 Å². The molecule has 1 aliphatic rings. The zero-order chi connectivity index (χ0) is 6.04. The van der Waals surface area contributed by atoms with Crippen LogP contribution in [0.2, 0.25) is 0 Å². The Morgan fingerprint density at radius 3 is 2.12 bits per heavy atom. The van der Waals surface area contributed by atoms with Crippen molar-refractivity contribution in [1.82, 2.24) is 5.32 Å². The lowest BCUT2D eigenvalue weighted by molar-refractivity contribution is 0.222. The third-order valence-electron chi connectivity index (χ3n) is 1.43. The monoisotopic (exact) mass is 135 g/mol. The molecular formula is C5H11FNP. The molecular weight excluding hydrogens is 124 g/mol. The molecule has 0 saturated carbocycles. The van der Waals surface area contributed by atoms with Gasteiger partial charge in [0.2, 0.25) is 0 Å². The summed E-state index contributed by atoms with van der Waals surface area (Å²) in [6.07, 6.45) is 1.27. The van der Waals surface area contributed by atoms with Crippen molar-refractivity contribution >= 4 is 9.24 Å². The molecule has 0 spiro atoms. The Labute approximate surface area is 51.2 Å². The molecule has 0 radical (unpaired) electrons. The quantitative estimate of drug-likeness (QED) is 0.487. The Morgan fingerprint density at radius 1 is 1.38 bits per heavy atom. The summed E-state index contributed by atoms with van der Waals surface area (Å²) in [5.41, 5.74) is 0. The maximum atomic E-state index is 12.8. The first-order chi connectivity index (χ1) is 3.71. The van der Waals surface area contributed by atoms with E-state index in [2.05, 4.69) is 14.6 Å². The van der Waals surface area contributed by atoms with Crippen LogP contribution in [0.25, 0.3) is 0 Å².